The van der Waals surface area contributed by atoms with Crippen molar-refractivity contribution in [2.45, 2.75) is 44.8 Å². The highest BCUT2D eigenvalue weighted by atomic mass is 31.1. The molecule has 1 saturated heterocycles. The minimum Gasteiger partial charge on any atom is -0.433 e. The summed E-state index contributed by atoms with van der Waals surface area (Å²) in [7, 11) is -2.31. The van der Waals surface area contributed by atoms with Crippen LogP contribution in [0.2, 0.25) is 0 Å². The molecule has 1 heterocycles. The van der Waals surface area contributed by atoms with E-state index in [0.717, 1.165) is 0 Å². The maximum Gasteiger partial charge on any atom is 0.315 e. The average molecular weight is 248 g/mol. The summed E-state index contributed by atoms with van der Waals surface area (Å²) in [6, 6.07) is 0. The molecule has 0 spiro atoms. The third-order valence-electron chi connectivity index (χ3n) is 2.57. The average Bonchev–Trinajstić information content (AvgIpc) is 2.56. The lowest BCUT2D eigenvalue weighted by Gasteiger charge is -2.27. The summed E-state index contributed by atoms with van der Waals surface area (Å²) in [5.41, 5.74) is 0. The second kappa shape index (κ2) is 6.16. The minimum atomic E-state index is -2.31. The summed E-state index contributed by atoms with van der Waals surface area (Å²) < 4.78 is 31.4. The van der Waals surface area contributed by atoms with Crippen LogP contribution in [-0.4, -0.2) is 24.5 Å². The molecule has 1 aliphatic rings. The van der Waals surface area contributed by atoms with Crippen LogP contribution in [0.25, 0.3) is 0 Å². The van der Waals surface area contributed by atoms with Crippen molar-refractivity contribution in [3.05, 3.63) is 0 Å². The number of esters is 1. The number of unbranched alkanes of at least 4 members (excludes halogenated alkanes) is 1. The maximum atomic E-state index is 11.1. The van der Waals surface area contributed by atoms with Crippen molar-refractivity contribution in [3.8, 4) is 0 Å². The lowest BCUT2D eigenvalue weighted by atomic mass is 10.1. The van der Waals surface area contributed by atoms with Crippen LogP contribution in [0, 0.1) is 0 Å². The summed E-state index contributed by atoms with van der Waals surface area (Å²) >= 11 is 0. The first-order valence-corrected chi connectivity index (χ1v) is 6.92. The molecule has 0 aromatic heterocycles. The van der Waals surface area contributed by atoms with Gasteiger partial charge in [0.2, 0.25) is 5.79 Å². The third kappa shape index (κ3) is 4.06. The lowest BCUT2D eigenvalue weighted by Crippen LogP contribution is -2.32. The van der Waals surface area contributed by atoms with Crippen molar-refractivity contribution in [2.75, 3.05) is 12.8 Å². The summed E-state index contributed by atoms with van der Waals surface area (Å²) in [6.07, 6.45) is 3.00. The van der Waals surface area contributed by atoms with Crippen LogP contribution in [0.1, 0.15) is 39.0 Å². The molecule has 1 fully saturated rings. The van der Waals surface area contributed by atoms with Crippen LogP contribution in [0.3, 0.4) is 0 Å². The van der Waals surface area contributed by atoms with Gasteiger partial charge in [-0.3, -0.25) is 4.79 Å². The van der Waals surface area contributed by atoms with E-state index in [2.05, 4.69) is 0 Å². The molecular weight excluding hydrogens is 231 g/mol. The van der Waals surface area contributed by atoms with Gasteiger partial charge in [0.1, 0.15) is 0 Å². The van der Waals surface area contributed by atoms with Crippen molar-refractivity contribution >= 4 is 13.6 Å². The quantitative estimate of drug-likeness (QED) is 0.393. The fraction of sp³-hybridized carbons (Fsp3) is 0.900. The smallest absolute Gasteiger partial charge is 0.315 e. The van der Waals surface area contributed by atoms with E-state index >= 15 is 0 Å². The van der Waals surface area contributed by atoms with Crippen molar-refractivity contribution in [1.29, 1.82) is 0 Å². The van der Waals surface area contributed by atoms with Gasteiger partial charge >= 0.3 is 13.6 Å². The Hall–Kier alpha value is -0.670. The minimum absolute atomic E-state index is 0.186. The first-order valence-electron chi connectivity index (χ1n) is 5.55. The monoisotopic (exact) mass is 248 g/mol. The Labute approximate surface area is 95.3 Å². The van der Waals surface area contributed by atoms with Crippen LogP contribution in [0.15, 0.2) is 0 Å². The Balaban J connectivity index is 2.37. The molecule has 0 N–H and O–H groups in total. The number of hydrogen-bond acceptors (Lipinski definition) is 5. The van der Waals surface area contributed by atoms with Crippen molar-refractivity contribution in [3.63, 3.8) is 0 Å². The Bertz CT molecular complexity index is 304. The zero-order chi connectivity index (χ0) is 12.0. The lowest BCUT2D eigenvalue weighted by molar-refractivity contribution is -0.213. The molecule has 1 atom stereocenters. The predicted molar refractivity (Wildman–Crippen MR) is 56.7 cm³/mol. The molecule has 0 radical (unpaired) electrons. The molecule has 92 valence electrons. The van der Waals surface area contributed by atoms with Gasteiger partial charge in [-0.1, -0.05) is 0 Å². The highest BCUT2D eigenvalue weighted by molar-refractivity contribution is 7.30. The largest absolute Gasteiger partial charge is 0.433 e. The zero-order valence-electron chi connectivity index (χ0n) is 9.44. The molecule has 1 unspecified atom stereocenters. The molecule has 1 aliphatic heterocycles. The van der Waals surface area contributed by atoms with Crippen molar-refractivity contribution < 1.29 is 23.4 Å². The van der Waals surface area contributed by atoms with Gasteiger partial charge in [-0.15, -0.1) is 0 Å². The zero-order valence-corrected chi connectivity index (χ0v) is 10.3. The van der Waals surface area contributed by atoms with Gasteiger partial charge < -0.3 is 9.47 Å². The molecule has 0 amide bonds. The Morgan fingerprint density at radius 2 is 2.19 bits per heavy atom. The Morgan fingerprint density at radius 3 is 2.69 bits per heavy atom. The molecular formula is C10H17O5P. The van der Waals surface area contributed by atoms with Gasteiger partial charge in [-0.05, 0) is 19.8 Å². The Kier molecular flexibility index (Phi) is 5.16. The van der Waals surface area contributed by atoms with E-state index < -0.39 is 13.5 Å². The number of ether oxygens (including phenoxy) is 2. The summed E-state index contributed by atoms with van der Waals surface area (Å²) in [4.78, 5) is 11.1. The van der Waals surface area contributed by atoms with Gasteiger partial charge in [0.15, 0.2) is 0 Å². The van der Waals surface area contributed by atoms with E-state index in [9.17, 15) is 13.9 Å². The van der Waals surface area contributed by atoms with E-state index in [-0.39, 0.29) is 12.1 Å². The number of rotatable bonds is 7. The second-order valence-electron chi connectivity index (χ2n) is 3.83. The molecule has 5 nitrogen and oxygen atoms in total. The molecule has 0 aromatic rings. The SMILES string of the molecule is CCOC1(CCCCP(=O)=O)CCC(=O)O1. The maximum absolute atomic E-state index is 11.1. The topological polar surface area (TPSA) is 69.7 Å². The second-order valence-corrected chi connectivity index (χ2v) is 4.94. The fourth-order valence-corrected chi connectivity index (χ4v) is 2.33. The normalized spacial score (nSPS) is 24.4. The predicted octanol–water partition coefficient (Wildman–Crippen LogP) is 2.40. The van der Waals surface area contributed by atoms with Crippen molar-refractivity contribution in [2.24, 2.45) is 0 Å². The first kappa shape index (κ1) is 13.4. The molecule has 6 heteroatoms. The fourth-order valence-electron chi connectivity index (χ4n) is 1.85. The van der Waals surface area contributed by atoms with Crippen LogP contribution < -0.4 is 0 Å². The number of cyclic esters (lactones) is 1. The summed E-state index contributed by atoms with van der Waals surface area (Å²) in [6.45, 7) is 2.34. The third-order valence-corrected chi connectivity index (χ3v) is 3.25. The van der Waals surface area contributed by atoms with Gasteiger partial charge in [0.05, 0.1) is 12.6 Å². The summed E-state index contributed by atoms with van der Waals surface area (Å²) in [5.74, 6) is -1.02. The van der Waals surface area contributed by atoms with E-state index in [4.69, 9.17) is 9.47 Å². The van der Waals surface area contributed by atoms with Crippen LogP contribution in [0.4, 0.5) is 0 Å². The highest BCUT2D eigenvalue weighted by Gasteiger charge is 2.40. The van der Waals surface area contributed by atoms with Crippen molar-refractivity contribution in [1.82, 2.24) is 0 Å². The molecule has 0 bridgehead atoms. The molecule has 0 aromatic carbocycles. The summed E-state index contributed by atoms with van der Waals surface area (Å²) in [5, 5.41) is 0. The van der Waals surface area contributed by atoms with E-state index in [1.807, 2.05) is 6.92 Å². The molecule has 1 rings (SSSR count). The number of hydrogen-bond donors (Lipinski definition) is 0. The van der Waals surface area contributed by atoms with Gasteiger partial charge in [-0.2, -0.15) is 0 Å². The number of carbonyl (C=O) groups is 1. The van der Waals surface area contributed by atoms with Crippen LogP contribution in [0.5, 0.6) is 0 Å². The van der Waals surface area contributed by atoms with Crippen LogP contribution >= 0.6 is 7.68 Å². The van der Waals surface area contributed by atoms with Gasteiger partial charge in [0, 0.05) is 19.4 Å². The van der Waals surface area contributed by atoms with E-state index in [0.29, 0.717) is 38.7 Å². The van der Waals surface area contributed by atoms with Gasteiger partial charge in [0.25, 0.3) is 0 Å². The highest BCUT2D eigenvalue weighted by Crippen LogP contribution is 2.33. The molecule has 0 saturated carbocycles. The van der Waals surface area contributed by atoms with Gasteiger partial charge in [-0.25, -0.2) is 9.13 Å². The standard InChI is InChI=1S/C10H17O5P/c1-2-14-10(7-5-9(11)15-10)6-3-4-8-16(12)13/h2-8H2,1H3. The molecule has 16 heavy (non-hydrogen) atoms. The first-order chi connectivity index (χ1) is 7.58. The Morgan fingerprint density at radius 1 is 1.44 bits per heavy atom. The van der Waals surface area contributed by atoms with E-state index in [1.54, 1.807) is 0 Å². The molecule has 0 aliphatic carbocycles. The number of carbonyl (C=O) groups excluding carboxylic acids is 1. The van der Waals surface area contributed by atoms with Crippen LogP contribution in [-0.2, 0) is 23.4 Å². The van der Waals surface area contributed by atoms with E-state index in [1.165, 1.54) is 0 Å².